The molecule has 1 heterocycles. The van der Waals surface area contributed by atoms with Gasteiger partial charge in [0.1, 0.15) is 0 Å². The largest absolute Gasteiger partial charge is 0.255 e. The highest BCUT2D eigenvalue weighted by Crippen LogP contribution is 2.34. The number of pyridine rings is 1. The quantitative estimate of drug-likeness (QED) is 0.450. The Morgan fingerprint density at radius 3 is 2.04 bits per heavy atom. The van der Waals surface area contributed by atoms with Crippen molar-refractivity contribution in [2.75, 3.05) is 0 Å². The molecule has 0 saturated heterocycles. The van der Waals surface area contributed by atoms with Crippen molar-refractivity contribution in [1.82, 2.24) is 4.98 Å². The maximum absolute atomic E-state index is 4.81. The van der Waals surface area contributed by atoms with Gasteiger partial charge >= 0.3 is 0 Å². The van der Waals surface area contributed by atoms with E-state index in [2.05, 4.69) is 79.7 Å². The van der Waals surface area contributed by atoms with Crippen LogP contribution >= 0.6 is 0 Å². The second kappa shape index (κ2) is 5.69. The molecular formula is C22H17N. The average molecular weight is 295 g/mol. The van der Waals surface area contributed by atoms with Crippen molar-refractivity contribution in [3.63, 3.8) is 0 Å². The van der Waals surface area contributed by atoms with Gasteiger partial charge in [-0.25, -0.2) is 0 Å². The van der Waals surface area contributed by atoms with Crippen molar-refractivity contribution in [3.8, 4) is 22.4 Å². The topological polar surface area (TPSA) is 12.9 Å². The summed E-state index contributed by atoms with van der Waals surface area (Å²) >= 11 is 0. The second-order valence-electron chi connectivity index (χ2n) is 5.75. The van der Waals surface area contributed by atoms with E-state index < -0.39 is 0 Å². The van der Waals surface area contributed by atoms with Gasteiger partial charge in [-0.05, 0) is 23.4 Å². The highest BCUT2D eigenvalue weighted by molar-refractivity contribution is 6.03. The summed E-state index contributed by atoms with van der Waals surface area (Å²) in [6, 6.07) is 27.4. The molecule has 0 aliphatic rings. The minimum absolute atomic E-state index is 1.05. The summed E-state index contributed by atoms with van der Waals surface area (Å²) in [5.74, 6) is 0. The van der Waals surface area contributed by atoms with E-state index in [1.165, 1.54) is 33.0 Å². The van der Waals surface area contributed by atoms with E-state index in [0.717, 1.165) is 5.69 Å². The maximum Gasteiger partial charge on any atom is 0.0783 e. The number of fused-ring (bicyclic) bond motifs is 1. The molecule has 0 atom stereocenters. The maximum atomic E-state index is 4.81. The van der Waals surface area contributed by atoms with E-state index in [1.807, 2.05) is 12.3 Å². The third-order valence-electron chi connectivity index (χ3n) is 4.28. The summed E-state index contributed by atoms with van der Waals surface area (Å²) in [5, 5.41) is 2.44. The van der Waals surface area contributed by atoms with Crippen LogP contribution in [0.2, 0.25) is 0 Å². The van der Waals surface area contributed by atoms with Crippen molar-refractivity contribution in [2.45, 2.75) is 6.92 Å². The molecule has 0 unspecified atom stereocenters. The molecule has 4 aromatic rings. The first-order valence-corrected chi connectivity index (χ1v) is 7.84. The summed E-state index contributed by atoms with van der Waals surface area (Å²) in [4.78, 5) is 4.81. The Morgan fingerprint density at radius 1 is 0.609 bits per heavy atom. The van der Waals surface area contributed by atoms with Crippen molar-refractivity contribution in [2.24, 2.45) is 0 Å². The smallest absolute Gasteiger partial charge is 0.0783 e. The highest BCUT2D eigenvalue weighted by Gasteiger charge is 2.11. The van der Waals surface area contributed by atoms with Crippen molar-refractivity contribution in [3.05, 3.63) is 90.6 Å². The molecule has 4 rings (SSSR count). The lowest BCUT2D eigenvalue weighted by Gasteiger charge is -2.12. The first-order chi connectivity index (χ1) is 11.3. The van der Waals surface area contributed by atoms with Gasteiger partial charge in [-0.15, -0.1) is 0 Å². The predicted octanol–water partition coefficient (Wildman–Crippen LogP) is 5.88. The minimum Gasteiger partial charge on any atom is -0.255 e. The molecule has 110 valence electrons. The van der Waals surface area contributed by atoms with Crippen LogP contribution < -0.4 is 0 Å². The number of nitrogens with zero attached hydrogens (tertiary/aromatic N) is 1. The zero-order valence-corrected chi connectivity index (χ0v) is 13.0. The molecule has 0 N–H and O–H groups in total. The summed E-state index contributed by atoms with van der Waals surface area (Å²) in [6.45, 7) is 2.14. The zero-order chi connectivity index (χ0) is 15.6. The Morgan fingerprint density at radius 2 is 1.26 bits per heavy atom. The van der Waals surface area contributed by atoms with Gasteiger partial charge in [-0.3, -0.25) is 4.98 Å². The summed E-state index contributed by atoms with van der Waals surface area (Å²) in [5.41, 5.74) is 5.88. The summed E-state index contributed by atoms with van der Waals surface area (Å²) in [6.07, 6.45) is 2.00. The lowest BCUT2D eigenvalue weighted by Crippen LogP contribution is -1.91. The molecule has 0 saturated carbocycles. The lowest BCUT2D eigenvalue weighted by atomic mass is 9.95. The number of aryl methyl sites for hydroxylation is 1. The molecule has 0 aliphatic carbocycles. The molecule has 0 fully saturated rings. The molecule has 23 heavy (non-hydrogen) atoms. The molecule has 0 amide bonds. The third kappa shape index (κ3) is 2.40. The monoisotopic (exact) mass is 295 g/mol. The van der Waals surface area contributed by atoms with Crippen molar-refractivity contribution < 1.29 is 0 Å². The fourth-order valence-electron chi connectivity index (χ4n) is 3.09. The molecule has 1 nitrogen and oxygen atoms in total. The third-order valence-corrected chi connectivity index (χ3v) is 4.28. The van der Waals surface area contributed by atoms with Crippen LogP contribution in [0, 0.1) is 6.92 Å². The molecule has 1 aromatic heterocycles. The summed E-state index contributed by atoms with van der Waals surface area (Å²) < 4.78 is 0. The lowest BCUT2D eigenvalue weighted by molar-refractivity contribution is 1.33. The van der Waals surface area contributed by atoms with Gasteiger partial charge in [-0.2, -0.15) is 0 Å². The second-order valence-corrected chi connectivity index (χ2v) is 5.75. The normalized spacial score (nSPS) is 10.8. The Kier molecular flexibility index (Phi) is 3.39. The number of aromatic nitrogens is 1. The SMILES string of the molecule is Cc1ccccc1-c1ncc(-c2ccccc2)c2ccccc12. The van der Waals surface area contributed by atoms with Gasteiger partial charge in [0, 0.05) is 22.7 Å². The standard InChI is InChI=1S/C22H17N/c1-16-9-5-6-12-18(16)22-20-14-8-7-13-19(20)21(15-23-22)17-10-3-2-4-11-17/h2-15H,1H3. The molecule has 0 aliphatic heterocycles. The molecular weight excluding hydrogens is 278 g/mol. The van der Waals surface area contributed by atoms with Crippen LogP contribution in [0.5, 0.6) is 0 Å². The van der Waals surface area contributed by atoms with Crippen LogP contribution in [-0.2, 0) is 0 Å². The first-order valence-electron chi connectivity index (χ1n) is 7.84. The van der Waals surface area contributed by atoms with E-state index in [0.29, 0.717) is 0 Å². The van der Waals surface area contributed by atoms with Gasteiger partial charge in [0.25, 0.3) is 0 Å². The number of benzene rings is 3. The van der Waals surface area contributed by atoms with Crippen molar-refractivity contribution >= 4 is 10.8 Å². The van der Waals surface area contributed by atoms with E-state index >= 15 is 0 Å². The van der Waals surface area contributed by atoms with Crippen LogP contribution in [0.25, 0.3) is 33.2 Å². The van der Waals surface area contributed by atoms with Crippen LogP contribution in [-0.4, -0.2) is 4.98 Å². The fraction of sp³-hybridized carbons (Fsp3) is 0.0455. The molecule has 0 radical (unpaired) electrons. The number of rotatable bonds is 2. The van der Waals surface area contributed by atoms with E-state index in [9.17, 15) is 0 Å². The van der Waals surface area contributed by atoms with E-state index in [4.69, 9.17) is 4.98 Å². The van der Waals surface area contributed by atoms with Crippen LogP contribution in [0.1, 0.15) is 5.56 Å². The minimum atomic E-state index is 1.05. The molecule has 0 spiro atoms. The number of hydrogen-bond donors (Lipinski definition) is 0. The molecule has 3 aromatic carbocycles. The predicted molar refractivity (Wildman–Crippen MR) is 97.4 cm³/mol. The van der Waals surface area contributed by atoms with Crippen LogP contribution in [0.4, 0.5) is 0 Å². The van der Waals surface area contributed by atoms with Gasteiger partial charge < -0.3 is 0 Å². The Hall–Kier alpha value is -2.93. The van der Waals surface area contributed by atoms with Gasteiger partial charge in [0.15, 0.2) is 0 Å². The van der Waals surface area contributed by atoms with Gasteiger partial charge in [0.2, 0.25) is 0 Å². The Labute approximate surface area is 136 Å². The van der Waals surface area contributed by atoms with Crippen LogP contribution in [0.3, 0.4) is 0 Å². The highest BCUT2D eigenvalue weighted by atomic mass is 14.7. The van der Waals surface area contributed by atoms with E-state index in [1.54, 1.807) is 0 Å². The van der Waals surface area contributed by atoms with E-state index in [-0.39, 0.29) is 0 Å². The number of hydrogen-bond acceptors (Lipinski definition) is 1. The van der Waals surface area contributed by atoms with Gasteiger partial charge in [0.05, 0.1) is 5.69 Å². The molecule has 1 heteroatoms. The Bertz CT molecular complexity index is 971. The zero-order valence-electron chi connectivity index (χ0n) is 13.0. The molecule has 0 bridgehead atoms. The average Bonchev–Trinajstić information content (AvgIpc) is 2.62. The summed E-state index contributed by atoms with van der Waals surface area (Å²) in [7, 11) is 0. The first kappa shape index (κ1) is 13.7. The van der Waals surface area contributed by atoms with Crippen molar-refractivity contribution in [1.29, 1.82) is 0 Å². The van der Waals surface area contributed by atoms with Crippen LogP contribution in [0.15, 0.2) is 85.1 Å². The Balaban J connectivity index is 2.02. The fourth-order valence-corrected chi connectivity index (χ4v) is 3.09. The van der Waals surface area contributed by atoms with Gasteiger partial charge in [-0.1, -0.05) is 78.9 Å².